The molecule has 1 aliphatic rings. The van der Waals surface area contributed by atoms with Gasteiger partial charge < -0.3 is 15.2 Å². The van der Waals surface area contributed by atoms with Gasteiger partial charge in [0.25, 0.3) is 0 Å². The Morgan fingerprint density at radius 1 is 1.22 bits per heavy atom. The van der Waals surface area contributed by atoms with Crippen LogP contribution in [0.3, 0.4) is 0 Å². The first-order chi connectivity index (χ1) is 13.0. The summed E-state index contributed by atoms with van der Waals surface area (Å²) in [6.45, 7) is 4.66. The third-order valence-corrected chi connectivity index (χ3v) is 5.20. The lowest BCUT2D eigenvalue weighted by molar-refractivity contribution is 0.409. The molecule has 0 unspecified atom stereocenters. The number of benzene rings is 1. The summed E-state index contributed by atoms with van der Waals surface area (Å²) >= 11 is 0. The fraction of sp³-hybridized carbons (Fsp3) is 0.550. The Kier molecular flexibility index (Phi) is 6.42. The number of nitrogens with zero attached hydrogens (tertiary/aromatic N) is 4. The molecule has 3 rings (SSSR count). The molecule has 0 spiro atoms. The molecule has 7 heteroatoms. The van der Waals surface area contributed by atoms with Gasteiger partial charge >= 0.3 is 0 Å². The van der Waals surface area contributed by atoms with E-state index in [1.54, 1.807) is 19.1 Å². The van der Waals surface area contributed by atoms with Gasteiger partial charge in [-0.3, -0.25) is 0 Å². The van der Waals surface area contributed by atoms with Crippen LogP contribution in [-0.2, 0) is 20.1 Å². The molecule has 1 aromatic heterocycles. The molecule has 6 nitrogen and oxygen atoms in total. The normalized spacial score (nSPS) is 15.8. The minimum absolute atomic E-state index is 0.188. The van der Waals surface area contributed by atoms with E-state index in [-0.39, 0.29) is 5.82 Å². The Balaban J connectivity index is 1.69. The maximum atomic E-state index is 13.8. The number of hydrogen-bond acceptors (Lipinski definition) is 3. The predicted molar refractivity (Wildman–Crippen MR) is 105 cm³/mol. The quantitative estimate of drug-likeness (QED) is 0.625. The van der Waals surface area contributed by atoms with E-state index in [0.29, 0.717) is 24.7 Å². The molecule has 1 fully saturated rings. The second kappa shape index (κ2) is 8.97. The molecule has 1 aromatic carbocycles. The van der Waals surface area contributed by atoms with Gasteiger partial charge in [0.15, 0.2) is 11.8 Å². The maximum Gasteiger partial charge on any atom is 0.192 e. The van der Waals surface area contributed by atoms with Crippen LogP contribution in [0.2, 0.25) is 0 Å². The lowest BCUT2D eigenvalue weighted by atomic mass is 9.96. The first-order valence-electron chi connectivity index (χ1n) is 9.67. The molecule has 2 aromatic rings. The summed E-state index contributed by atoms with van der Waals surface area (Å²) in [5, 5.41) is 15.2. The zero-order chi connectivity index (χ0) is 19.2. The van der Waals surface area contributed by atoms with Gasteiger partial charge in [-0.15, -0.1) is 10.2 Å². The molecule has 0 saturated heterocycles. The van der Waals surface area contributed by atoms with Gasteiger partial charge in [-0.25, -0.2) is 9.38 Å². The van der Waals surface area contributed by atoms with Crippen LogP contribution in [0.5, 0.6) is 0 Å². The third kappa shape index (κ3) is 5.28. The lowest BCUT2D eigenvalue weighted by Crippen LogP contribution is -2.44. The predicted octanol–water partition coefficient (Wildman–Crippen LogP) is 3.14. The number of halogens is 1. The van der Waals surface area contributed by atoms with E-state index in [4.69, 9.17) is 0 Å². The van der Waals surface area contributed by atoms with E-state index < -0.39 is 0 Å². The van der Waals surface area contributed by atoms with Gasteiger partial charge in [0.05, 0.1) is 13.1 Å². The average molecular weight is 372 g/mol. The Hall–Kier alpha value is -2.44. The van der Waals surface area contributed by atoms with Crippen LogP contribution in [0.15, 0.2) is 23.2 Å². The van der Waals surface area contributed by atoms with Crippen LogP contribution in [-0.4, -0.2) is 26.8 Å². The Morgan fingerprint density at radius 2 is 2.00 bits per heavy atom. The van der Waals surface area contributed by atoms with Crippen molar-refractivity contribution < 1.29 is 4.39 Å². The highest BCUT2D eigenvalue weighted by atomic mass is 19.1. The van der Waals surface area contributed by atoms with E-state index in [0.717, 1.165) is 36.0 Å². The summed E-state index contributed by atoms with van der Waals surface area (Å²) in [6.07, 6.45) is 6.11. The minimum atomic E-state index is -0.188. The van der Waals surface area contributed by atoms with Crippen molar-refractivity contribution in [2.24, 2.45) is 12.0 Å². The van der Waals surface area contributed by atoms with Crippen molar-refractivity contribution in [2.75, 3.05) is 0 Å². The van der Waals surface area contributed by atoms with Gasteiger partial charge in [-0.2, -0.15) is 0 Å². The molecule has 146 valence electrons. The topological polar surface area (TPSA) is 67.1 Å². The van der Waals surface area contributed by atoms with E-state index in [1.807, 2.05) is 24.6 Å². The van der Waals surface area contributed by atoms with Gasteiger partial charge in [0, 0.05) is 13.1 Å². The maximum absolute atomic E-state index is 13.8. The van der Waals surface area contributed by atoms with Crippen LogP contribution in [0, 0.1) is 19.7 Å². The first kappa shape index (κ1) is 19.3. The Labute approximate surface area is 160 Å². The zero-order valence-corrected chi connectivity index (χ0v) is 16.4. The Morgan fingerprint density at radius 3 is 2.67 bits per heavy atom. The molecule has 1 saturated carbocycles. The number of aliphatic imine (C=N–C) groups is 1. The van der Waals surface area contributed by atoms with E-state index in [2.05, 4.69) is 25.8 Å². The van der Waals surface area contributed by atoms with Crippen molar-refractivity contribution in [2.45, 2.75) is 65.1 Å². The van der Waals surface area contributed by atoms with Crippen LogP contribution < -0.4 is 10.6 Å². The van der Waals surface area contributed by atoms with Crippen molar-refractivity contribution in [3.05, 3.63) is 46.8 Å². The molecule has 0 radical (unpaired) electrons. The van der Waals surface area contributed by atoms with Gasteiger partial charge in [0.1, 0.15) is 11.6 Å². The van der Waals surface area contributed by atoms with Crippen LogP contribution in [0.1, 0.15) is 54.9 Å². The summed E-state index contributed by atoms with van der Waals surface area (Å²) in [4.78, 5) is 4.68. The molecule has 1 heterocycles. The number of guanidine groups is 1. The van der Waals surface area contributed by atoms with Crippen molar-refractivity contribution in [1.82, 2.24) is 25.4 Å². The fourth-order valence-electron chi connectivity index (χ4n) is 3.27. The number of hydrogen-bond donors (Lipinski definition) is 2. The molecular formula is C20H29FN6. The summed E-state index contributed by atoms with van der Waals surface area (Å²) < 4.78 is 15.8. The number of nitrogens with one attached hydrogen (secondary N) is 2. The second-order valence-corrected chi connectivity index (χ2v) is 7.30. The first-order valence-corrected chi connectivity index (χ1v) is 9.67. The smallest absolute Gasteiger partial charge is 0.192 e. The molecule has 0 atom stereocenters. The summed E-state index contributed by atoms with van der Waals surface area (Å²) in [6, 6.07) is 5.71. The molecule has 2 N–H and O–H groups in total. The van der Waals surface area contributed by atoms with Crippen molar-refractivity contribution in [3.8, 4) is 0 Å². The fourth-order valence-corrected chi connectivity index (χ4v) is 3.27. The van der Waals surface area contributed by atoms with E-state index in [9.17, 15) is 4.39 Å². The second-order valence-electron chi connectivity index (χ2n) is 7.30. The summed E-state index contributed by atoms with van der Waals surface area (Å²) in [5.74, 6) is 2.28. The van der Waals surface area contributed by atoms with Crippen LogP contribution in [0.4, 0.5) is 4.39 Å². The highest BCUT2D eigenvalue weighted by molar-refractivity contribution is 5.80. The highest BCUT2D eigenvalue weighted by Crippen LogP contribution is 2.17. The van der Waals surface area contributed by atoms with E-state index in [1.165, 1.54) is 19.3 Å². The standard InChI is InChI=1S/C20H29FN6/c1-14-9-10-16(11-18(14)21)12-22-20(24-17-7-5-4-6-8-17)23-13-19-26-25-15(2)27(19)3/h9-11,17H,4-8,12-13H2,1-3H3,(H2,22,23,24). The molecule has 0 bridgehead atoms. The largest absolute Gasteiger partial charge is 0.354 e. The number of aryl methyl sites for hydroxylation is 2. The zero-order valence-electron chi connectivity index (χ0n) is 16.4. The van der Waals surface area contributed by atoms with Crippen LogP contribution >= 0.6 is 0 Å². The van der Waals surface area contributed by atoms with Gasteiger partial charge in [0.2, 0.25) is 0 Å². The Bertz CT molecular complexity index is 792. The van der Waals surface area contributed by atoms with Gasteiger partial charge in [-0.1, -0.05) is 31.4 Å². The van der Waals surface area contributed by atoms with Crippen molar-refractivity contribution >= 4 is 5.96 Å². The molecule has 1 aliphatic carbocycles. The molecule has 0 aliphatic heterocycles. The SMILES string of the molecule is Cc1ccc(CN=C(NCc2nnc(C)n2C)NC2CCCCC2)cc1F. The number of rotatable bonds is 5. The molecule has 0 amide bonds. The van der Waals surface area contributed by atoms with E-state index >= 15 is 0 Å². The molecule has 27 heavy (non-hydrogen) atoms. The highest BCUT2D eigenvalue weighted by Gasteiger charge is 2.15. The third-order valence-electron chi connectivity index (χ3n) is 5.20. The van der Waals surface area contributed by atoms with Gasteiger partial charge in [-0.05, 0) is 43.9 Å². The summed E-state index contributed by atoms with van der Waals surface area (Å²) in [5.41, 5.74) is 1.51. The number of aromatic nitrogens is 3. The lowest BCUT2D eigenvalue weighted by Gasteiger charge is -2.25. The molecular weight excluding hydrogens is 343 g/mol. The average Bonchev–Trinajstić information content (AvgIpc) is 2.99. The van der Waals surface area contributed by atoms with Crippen molar-refractivity contribution in [1.29, 1.82) is 0 Å². The van der Waals surface area contributed by atoms with Crippen molar-refractivity contribution in [3.63, 3.8) is 0 Å². The monoisotopic (exact) mass is 372 g/mol. The summed E-state index contributed by atoms with van der Waals surface area (Å²) in [7, 11) is 1.95. The van der Waals surface area contributed by atoms with Crippen LogP contribution in [0.25, 0.3) is 0 Å². The minimum Gasteiger partial charge on any atom is -0.354 e.